The molecular formula is C42H49NO6. The second-order valence-corrected chi connectivity index (χ2v) is 12.1. The summed E-state index contributed by atoms with van der Waals surface area (Å²) in [4.78, 5) is 4.35. The fourth-order valence-corrected chi connectivity index (χ4v) is 5.90. The molecule has 0 spiro atoms. The van der Waals surface area contributed by atoms with E-state index in [4.69, 9.17) is 28.4 Å². The summed E-state index contributed by atoms with van der Waals surface area (Å²) in [6.45, 7) is 10.1. The van der Waals surface area contributed by atoms with E-state index in [0.29, 0.717) is 12.5 Å². The first kappa shape index (κ1) is 35.4. The Morgan fingerprint density at radius 3 is 1.76 bits per heavy atom. The Kier molecular flexibility index (Phi) is 14.3. The van der Waals surface area contributed by atoms with Crippen molar-refractivity contribution in [3.8, 4) is 34.3 Å². The molecule has 1 aliphatic rings. The molecule has 0 fully saturated rings. The van der Waals surface area contributed by atoms with E-state index in [2.05, 4.69) is 72.7 Å². The molecule has 5 rings (SSSR count). The van der Waals surface area contributed by atoms with E-state index in [1.54, 1.807) is 12.3 Å². The smallest absolute Gasteiger partial charge is 0.232 e. The molecule has 4 aromatic rings. The lowest BCUT2D eigenvalue weighted by Gasteiger charge is -2.10. The molecular weight excluding hydrogens is 614 g/mol. The molecule has 49 heavy (non-hydrogen) atoms. The highest BCUT2D eigenvalue weighted by molar-refractivity contribution is 5.77. The average Bonchev–Trinajstić information content (AvgIpc) is 3.49. The average molecular weight is 664 g/mol. The molecule has 0 atom stereocenters. The molecule has 7 heteroatoms. The fraction of sp³-hybridized carbons (Fsp3) is 0.357. The van der Waals surface area contributed by atoms with Crippen LogP contribution in [0.25, 0.3) is 11.1 Å². The molecule has 0 radical (unpaired) electrons. The predicted molar refractivity (Wildman–Crippen MR) is 195 cm³/mol. The van der Waals surface area contributed by atoms with E-state index < -0.39 is 0 Å². The van der Waals surface area contributed by atoms with Crippen molar-refractivity contribution in [3.05, 3.63) is 127 Å². The van der Waals surface area contributed by atoms with Gasteiger partial charge >= 0.3 is 0 Å². The predicted octanol–water partition coefficient (Wildman–Crippen LogP) is 9.86. The van der Waals surface area contributed by atoms with Crippen molar-refractivity contribution < 1.29 is 28.4 Å². The van der Waals surface area contributed by atoms with Crippen LogP contribution in [0.4, 0.5) is 0 Å². The molecule has 1 aliphatic carbocycles. The number of hydrogen-bond donors (Lipinski definition) is 0. The summed E-state index contributed by atoms with van der Waals surface area (Å²) in [6, 6.07) is 25.3. The molecule has 0 aliphatic heterocycles. The number of ether oxygens (including phenoxy) is 6. The van der Waals surface area contributed by atoms with E-state index in [9.17, 15) is 0 Å². The van der Waals surface area contributed by atoms with Gasteiger partial charge in [0.1, 0.15) is 17.2 Å². The van der Waals surface area contributed by atoms with Gasteiger partial charge in [-0.2, -0.15) is 0 Å². The van der Waals surface area contributed by atoms with Crippen molar-refractivity contribution in [2.24, 2.45) is 0 Å². The summed E-state index contributed by atoms with van der Waals surface area (Å²) in [5.41, 5.74) is 7.75. The van der Waals surface area contributed by atoms with Crippen molar-refractivity contribution in [1.82, 2.24) is 4.98 Å². The minimum Gasteiger partial charge on any atom is -0.502 e. The van der Waals surface area contributed by atoms with Crippen LogP contribution in [-0.4, -0.2) is 38.2 Å². The Balaban J connectivity index is 1.01. The number of pyridine rings is 1. The summed E-state index contributed by atoms with van der Waals surface area (Å²) in [5, 5.41) is 0. The molecule has 0 unspecified atom stereocenters. The number of nitrogens with zero attached hydrogens (tertiary/aromatic N) is 1. The molecule has 3 aromatic carbocycles. The standard InChI is InChI=1S/C42H49NO6/c1-3-44-23-9-5-7-11-25-46-37-16-13-33(14-17-37)27-34-15-20-40-35(28-34)29-36-30-38(18-21-41(36)40)48-32-49-42-22-19-39(31-43-42)47-26-12-8-6-10-24-45-4-2/h3-4,13-22,28,30-31H,1-2,5-12,23-27,29,32H2. The third-order valence-corrected chi connectivity index (χ3v) is 8.48. The summed E-state index contributed by atoms with van der Waals surface area (Å²) in [6.07, 6.45) is 15.1. The van der Waals surface area contributed by atoms with Gasteiger partial charge in [-0.15, -0.1) is 0 Å². The van der Waals surface area contributed by atoms with Gasteiger partial charge in [-0.05, 0) is 128 Å². The third kappa shape index (κ3) is 11.6. The maximum atomic E-state index is 5.95. The van der Waals surface area contributed by atoms with Crippen molar-refractivity contribution in [2.75, 3.05) is 33.2 Å². The zero-order chi connectivity index (χ0) is 33.9. The molecule has 0 saturated carbocycles. The van der Waals surface area contributed by atoms with Crippen LogP contribution in [0.1, 0.15) is 73.6 Å². The van der Waals surface area contributed by atoms with Crippen LogP contribution in [0.3, 0.4) is 0 Å². The van der Waals surface area contributed by atoms with E-state index in [1.165, 1.54) is 45.9 Å². The van der Waals surface area contributed by atoms with Gasteiger partial charge in [-0.1, -0.05) is 49.6 Å². The van der Waals surface area contributed by atoms with Gasteiger partial charge in [0.2, 0.25) is 12.7 Å². The van der Waals surface area contributed by atoms with Gasteiger partial charge in [-0.25, -0.2) is 4.98 Å². The van der Waals surface area contributed by atoms with Crippen molar-refractivity contribution >= 4 is 0 Å². The van der Waals surface area contributed by atoms with Crippen LogP contribution >= 0.6 is 0 Å². The number of rotatable bonds is 24. The fourth-order valence-electron chi connectivity index (χ4n) is 5.90. The van der Waals surface area contributed by atoms with Crippen molar-refractivity contribution in [2.45, 2.75) is 64.2 Å². The van der Waals surface area contributed by atoms with Gasteiger partial charge in [0.15, 0.2) is 0 Å². The second kappa shape index (κ2) is 19.8. The molecule has 0 N–H and O–H groups in total. The highest BCUT2D eigenvalue weighted by Crippen LogP contribution is 2.39. The molecule has 0 amide bonds. The van der Waals surface area contributed by atoms with Crippen LogP contribution in [0.15, 0.2) is 105 Å². The van der Waals surface area contributed by atoms with E-state index in [0.717, 1.165) is 101 Å². The maximum absolute atomic E-state index is 5.95. The molecule has 1 heterocycles. The zero-order valence-corrected chi connectivity index (χ0v) is 28.6. The highest BCUT2D eigenvalue weighted by atomic mass is 16.7. The van der Waals surface area contributed by atoms with Crippen LogP contribution in [0, 0.1) is 0 Å². The van der Waals surface area contributed by atoms with Crippen LogP contribution in [-0.2, 0) is 22.3 Å². The van der Waals surface area contributed by atoms with E-state index >= 15 is 0 Å². The molecule has 7 nitrogen and oxygen atoms in total. The Hall–Kier alpha value is -4.91. The number of benzene rings is 3. The Morgan fingerprint density at radius 2 is 1.10 bits per heavy atom. The van der Waals surface area contributed by atoms with Gasteiger partial charge in [-0.3, -0.25) is 0 Å². The Bertz CT molecular complexity index is 1580. The Labute approximate surface area is 291 Å². The first-order valence-electron chi connectivity index (χ1n) is 17.5. The molecule has 1 aromatic heterocycles. The molecule has 0 bridgehead atoms. The first-order valence-corrected chi connectivity index (χ1v) is 17.5. The van der Waals surface area contributed by atoms with Gasteiger partial charge in [0, 0.05) is 6.07 Å². The van der Waals surface area contributed by atoms with E-state index in [-0.39, 0.29) is 6.79 Å². The topological polar surface area (TPSA) is 68.3 Å². The quantitative estimate of drug-likeness (QED) is 0.0370. The van der Waals surface area contributed by atoms with E-state index in [1.807, 2.05) is 12.1 Å². The monoisotopic (exact) mass is 663 g/mol. The second-order valence-electron chi connectivity index (χ2n) is 12.1. The minimum absolute atomic E-state index is 0.0781. The highest BCUT2D eigenvalue weighted by Gasteiger charge is 2.19. The number of fused-ring (bicyclic) bond motifs is 3. The number of hydrogen-bond acceptors (Lipinski definition) is 7. The van der Waals surface area contributed by atoms with Crippen molar-refractivity contribution in [1.29, 1.82) is 0 Å². The summed E-state index contributed by atoms with van der Waals surface area (Å²) in [5.74, 6) is 2.93. The maximum Gasteiger partial charge on any atom is 0.232 e. The largest absolute Gasteiger partial charge is 0.502 e. The lowest BCUT2D eigenvalue weighted by Crippen LogP contribution is -2.07. The third-order valence-electron chi connectivity index (χ3n) is 8.48. The lowest BCUT2D eigenvalue weighted by atomic mass is 9.99. The molecule has 0 saturated heterocycles. The minimum atomic E-state index is 0.0781. The molecule has 258 valence electrons. The number of aromatic nitrogens is 1. The first-order chi connectivity index (χ1) is 24.2. The van der Waals surface area contributed by atoms with Gasteiger partial charge < -0.3 is 28.4 Å². The van der Waals surface area contributed by atoms with Crippen LogP contribution in [0.2, 0.25) is 0 Å². The van der Waals surface area contributed by atoms with Gasteiger partial charge in [0.25, 0.3) is 0 Å². The normalized spacial score (nSPS) is 11.3. The number of unbranched alkanes of at least 4 members (excludes halogenated alkanes) is 6. The SMILES string of the molecule is C=COCCCCCCOc1ccc(Cc2ccc3c(c2)Cc2cc(OCOc4ccc(OCCCCCCOC=C)cn4)ccc2-3)cc1. The van der Waals surface area contributed by atoms with Crippen molar-refractivity contribution in [3.63, 3.8) is 0 Å². The van der Waals surface area contributed by atoms with Crippen LogP contribution < -0.4 is 18.9 Å². The summed E-state index contributed by atoms with van der Waals surface area (Å²) in [7, 11) is 0. The summed E-state index contributed by atoms with van der Waals surface area (Å²) < 4.78 is 33.7. The zero-order valence-electron chi connectivity index (χ0n) is 28.6. The lowest BCUT2D eigenvalue weighted by molar-refractivity contribution is 0.115. The Morgan fingerprint density at radius 1 is 0.531 bits per heavy atom. The summed E-state index contributed by atoms with van der Waals surface area (Å²) >= 11 is 0. The van der Waals surface area contributed by atoms with Gasteiger partial charge in [0.05, 0.1) is 45.1 Å². The van der Waals surface area contributed by atoms with Crippen LogP contribution in [0.5, 0.6) is 23.1 Å².